The summed E-state index contributed by atoms with van der Waals surface area (Å²) in [5.41, 5.74) is 2.57. The highest BCUT2D eigenvalue weighted by Crippen LogP contribution is 2.16. The van der Waals surface area contributed by atoms with E-state index in [-0.39, 0.29) is 24.3 Å². The topological polar surface area (TPSA) is 78.9 Å². The predicted molar refractivity (Wildman–Crippen MR) is 123 cm³/mol. The van der Waals surface area contributed by atoms with Gasteiger partial charge in [-0.1, -0.05) is 49.7 Å². The Bertz CT molecular complexity index is 937. The summed E-state index contributed by atoms with van der Waals surface area (Å²) in [7, 11) is 0. The van der Waals surface area contributed by atoms with E-state index in [0.29, 0.717) is 18.7 Å². The molecule has 0 radical (unpaired) electrons. The van der Waals surface area contributed by atoms with E-state index in [9.17, 15) is 14.4 Å². The second-order valence-corrected chi connectivity index (χ2v) is 8.38. The maximum atomic E-state index is 12.6. The Labute approximate surface area is 189 Å². The highest BCUT2D eigenvalue weighted by Gasteiger charge is 2.28. The van der Waals surface area contributed by atoms with Crippen molar-refractivity contribution in [3.05, 3.63) is 65.7 Å². The summed E-state index contributed by atoms with van der Waals surface area (Å²) in [4.78, 5) is 41.7. The fourth-order valence-corrected chi connectivity index (χ4v) is 3.68. The quantitative estimate of drug-likeness (QED) is 0.674. The van der Waals surface area contributed by atoms with E-state index in [2.05, 4.69) is 22.3 Å². The van der Waals surface area contributed by atoms with Crippen molar-refractivity contribution in [2.24, 2.45) is 5.92 Å². The molecule has 0 aliphatic carbocycles. The number of carbonyl (C=O) groups is 3. The normalized spacial score (nSPS) is 14.8. The van der Waals surface area contributed by atoms with Gasteiger partial charge in [-0.25, -0.2) is 4.79 Å². The summed E-state index contributed by atoms with van der Waals surface area (Å²) in [5.74, 6) is -1.34. The van der Waals surface area contributed by atoms with Gasteiger partial charge in [-0.3, -0.25) is 9.59 Å². The smallest absolute Gasteiger partial charge is 0.329 e. The molecule has 1 aliphatic rings. The molecule has 1 saturated heterocycles. The third-order valence-electron chi connectivity index (χ3n) is 5.58. The molecule has 3 rings (SSSR count). The van der Waals surface area contributed by atoms with Crippen molar-refractivity contribution < 1.29 is 19.1 Å². The number of amides is 2. The van der Waals surface area contributed by atoms with Crippen LogP contribution in [0.2, 0.25) is 0 Å². The molecule has 7 heteroatoms. The number of esters is 1. The average Bonchev–Trinajstić information content (AvgIpc) is 2.81. The van der Waals surface area contributed by atoms with Crippen LogP contribution in [0.3, 0.4) is 0 Å². The van der Waals surface area contributed by atoms with Gasteiger partial charge in [0.05, 0.1) is 0 Å². The number of nitrogens with one attached hydrogen (secondary N) is 1. The molecule has 1 heterocycles. The molecular formula is C25H31N3O4. The molecule has 1 atom stereocenters. The summed E-state index contributed by atoms with van der Waals surface area (Å²) in [6, 6.07) is 16.4. The van der Waals surface area contributed by atoms with Gasteiger partial charge in [-0.05, 0) is 37.1 Å². The molecular weight excluding hydrogens is 406 g/mol. The van der Waals surface area contributed by atoms with Crippen molar-refractivity contribution in [1.82, 2.24) is 10.2 Å². The lowest BCUT2D eigenvalue weighted by Crippen LogP contribution is -2.50. The number of anilines is 1. The maximum Gasteiger partial charge on any atom is 0.329 e. The minimum atomic E-state index is -0.828. The summed E-state index contributed by atoms with van der Waals surface area (Å²) >= 11 is 0. The monoisotopic (exact) mass is 437 g/mol. The summed E-state index contributed by atoms with van der Waals surface area (Å²) < 4.78 is 5.29. The number of carbonyl (C=O) groups excluding carboxylic acids is 3. The van der Waals surface area contributed by atoms with Crippen LogP contribution in [0.4, 0.5) is 5.69 Å². The molecule has 170 valence electrons. The maximum absolute atomic E-state index is 12.6. The van der Waals surface area contributed by atoms with Gasteiger partial charge in [-0.15, -0.1) is 0 Å². The van der Waals surface area contributed by atoms with E-state index in [1.807, 2.05) is 45.0 Å². The molecule has 1 fully saturated rings. The number of para-hydroxylation sites is 1. The van der Waals surface area contributed by atoms with E-state index >= 15 is 0 Å². The molecule has 0 aromatic heterocycles. The summed E-state index contributed by atoms with van der Waals surface area (Å²) in [6.45, 7) is 7.83. The second kappa shape index (κ2) is 10.8. The summed E-state index contributed by atoms with van der Waals surface area (Å²) in [5, 5.41) is 2.74. The minimum absolute atomic E-state index is 0.180. The molecule has 0 saturated carbocycles. The zero-order chi connectivity index (χ0) is 23.1. The lowest BCUT2D eigenvalue weighted by Gasteiger charge is -2.36. The standard InChI is InChI=1S/C25H31N3O4/c1-18(2)23(26-24(30)20-9-7-8-19(3)16-20)25(31)32-17-22(29)28-14-12-27(13-15-28)21-10-5-4-6-11-21/h4-11,16,18,23H,12-15,17H2,1-3H3,(H,26,30)/t23-/m0/s1. The Morgan fingerprint density at radius 3 is 2.28 bits per heavy atom. The first-order valence-electron chi connectivity index (χ1n) is 11.0. The molecule has 7 nitrogen and oxygen atoms in total. The molecule has 2 aromatic rings. The molecule has 2 aromatic carbocycles. The number of rotatable bonds is 7. The van der Waals surface area contributed by atoms with Gasteiger partial charge < -0.3 is 19.9 Å². The molecule has 0 spiro atoms. The Morgan fingerprint density at radius 1 is 0.969 bits per heavy atom. The van der Waals surface area contributed by atoms with E-state index in [0.717, 1.165) is 24.3 Å². The zero-order valence-electron chi connectivity index (χ0n) is 18.9. The van der Waals surface area contributed by atoms with Crippen molar-refractivity contribution in [3.63, 3.8) is 0 Å². The fourth-order valence-electron chi connectivity index (χ4n) is 3.68. The van der Waals surface area contributed by atoms with Crippen molar-refractivity contribution in [2.75, 3.05) is 37.7 Å². The van der Waals surface area contributed by atoms with Gasteiger partial charge in [0.25, 0.3) is 11.8 Å². The lowest BCUT2D eigenvalue weighted by molar-refractivity contribution is -0.154. The van der Waals surface area contributed by atoms with E-state index in [4.69, 9.17) is 4.74 Å². The molecule has 0 bridgehead atoms. The molecule has 1 aliphatic heterocycles. The highest BCUT2D eigenvalue weighted by atomic mass is 16.5. The third-order valence-corrected chi connectivity index (χ3v) is 5.58. The van der Waals surface area contributed by atoms with Crippen LogP contribution in [0.25, 0.3) is 0 Å². The van der Waals surface area contributed by atoms with Crippen molar-refractivity contribution in [2.45, 2.75) is 26.8 Å². The Kier molecular flexibility index (Phi) is 7.87. The van der Waals surface area contributed by atoms with Gasteiger partial charge in [-0.2, -0.15) is 0 Å². The lowest BCUT2D eigenvalue weighted by atomic mass is 10.0. The van der Waals surface area contributed by atoms with Gasteiger partial charge in [0.15, 0.2) is 6.61 Å². The average molecular weight is 438 g/mol. The number of benzene rings is 2. The number of hydrogen-bond acceptors (Lipinski definition) is 5. The van der Waals surface area contributed by atoms with Gasteiger partial charge in [0.2, 0.25) is 0 Å². The van der Waals surface area contributed by atoms with Crippen molar-refractivity contribution >= 4 is 23.5 Å². The Hall–Kier alpha value is -3.35. The van der Waals surface area contributed by atoms with Gasteiger partial charge >= 0.3 is 5.97 Å². The van der Waals surface area contributed by atoms with Crippen LogP contribution in [-0.4, -0.2) is 61.5 Å². The van der Waals surface area contributed by atoms with E-state index in [1.54, 1.807) is 23.1 Å². The van der Waals surface area contributed by atoms with Crippen LogP contribution in [0.5, 0.6) is 0 Å². The number of aryl methyl sites for hydroxylation is 1. The Morgan fingerprint density at radius 2 is 1.66 bits per heavy atom. The van der Waals surface area contributed by atoms with Crippen LogP contribution >= 0.6 is 0 Å². The zero-order valence-corrected chi connectivity index (χ0v) is 18.9. The largest absolute Gasteiger partial charge is 0.454 e. The van der Waals surface area contributed by atoms with Crippen LogP contribution in [0, 0.1) is 12.8 Å². The first-order chi connectivity index (χ1) is 15.3. The molecule has 1 N–H and O–H groups in total. The first kappa shape index (κ1) is 23.3. The molecule has 2 amide bonds. The fraction of sp³-hybridized carbons (Fsp3) is 0.400. The number of hydrogen-bond donors (Lipinski definition) is 1. The number of ether oxygens (including phenoxy) is 1. The van der Waals surface area contributed by atoms with Crippen molar-refractivity contribution in [3.8, 4) is 0 Å². The van der Waals surface area contributed by atoms with Gasteiger partial charge in [0.1, 0.15) is 6.04 Å². The molecule has 0 unspecified atom stereocenters. The number of piperazine rings is 1. The molecule has 32 heavy (non-hydrogen) atoms. The van der Waals surface area contributed by atoms with Crippen LogP contribution in [-0.2, 0) is 14.3 Å². The van der Waals surface area contributed by atoms with Crippen LogP contribution in [0.15, 0.2) is 54.6 Å². The predicted octanol–water partition coefficient (Wildman–Crippen LogP) is 2.64. The summed E-state index contributed by atoms with van der Waals surface area (Å²) in [6.07, 6.45) is 0. The van der Waals surface area contributed by atoms with Crippen molar-refractivity contribution in [1.29, 1.82) is 0 Å². The minimum Gasteiger partial charge on any atom is -0.454 e. The number of nitrogens with zero attached hydrogens (tertiary/aromatic N) is 2. The van der Waals surface area contributed by atoms with Gasteiger partial charge in [0, 0.05) is 37.4 Å². The van der Waals surface area contributed by atoms with Crippen LogP contribution < -0.4 is 10.2 Å². The van der Waals surface area contributed by atoms with E-state index < -0.39 is 12.0 Å². The second-order valence-electron chi connectivity index (χ2n) is 8.38. The first-order valence-corrected chi connectivity index (χ1v) is 11.0. The highest BCUT2D eigenvalue weighted by molar-refractivity contribution is 5.97. The van der Waals surface area contributed by atoms with Crippen LogP contribution in [0.1, 0.15) is 29.8 Å². The Balaban J connectivity index is 1.49. The SMILES string of the molecule is Cc1cccc(C(=O)N[C@H](C(=O)OCC(=O)N2CCN(c3ccccc3)CC2)C(C)C)c1. The third kappa shape index (κ3) is 6.09. The van der Waals surface area contributed by atoms with E-state index in [1.165, 1.54) is 0 Å².